The summed E-state index contributed by atoms with van der Waals surface area (Å²) >= 11 is 0. The number of carbonyl (C=O) groups excluding carboxylic acids is 1. The van der Waals surface area contributed by atoms with Crippen molar-refractivity contribution in [3.05, 3.63) is 57.3 Å². The fraction of sp³-hybridized carbons (Fsp3) is 0.455. The fourth-order valence-electron chi connectivity index (χ4n) is 3.30. The average Bonchev–Trinajstić information content (AvgIpc) is 3.18. The lowest BCUT2D eigenvalue weighted by molar-refractivity contribution is -0.116. The Morgan fingerprint density at radius 3 is 2.65 bits per heavy atom. The molecule has 0 atom stereocenters. The highest BCUT2D eigenvalue weighted by atomic mass is 16.3. The molecule has 0 aromatic carbocycles. The first-order valence-corrected chi connectivity index (χ1v) is 10.4. The van der Waals surface area contributed by atoms with E-state index < -0.39 is 0 Å². The zero-order chi connectivity index (χ0) is 22.7. The van der Waals surface area contributed by atoms with Gasteiger partial charge in [0.05, 0.1) is 23.6 Å². The maximum atomic E-state index is 13.2. The largest absolute Gasteiger partial charge is 0.390 e. The van der Waals surface area contributed by atoms with Gasteiger partial charge in [0.25, 0.3) is 5.56 Å². The van der Waals surface area contributed by atoms with E-state index in [4.69, 9.17) is 0 Å². The van der Waals surface area contributed by atoms with Crippen molar-refractivity contribution in [3.8, 4) is 0 Å². The Morgan fingerprint density at radius 2 is 2.06 bits per heavy atom. The minimum Gasteiger partial charge on any atom is -0.390 e. The summed E-state index contributed by atoms with van der Waals surface area (Å²) in [6, 6.07) is 5.59. The Kier molecular flexibility index (Phi) is 6.87. The van der Waals surface area contributed by atoms with Crippen molar-refractivity contribution in [1.82, 2.24) is 24.1 Å². The van der Waals surface area contributed by atoms with Crippen LogP contribution in [-0.4, -0.2) is 48.2 Å². The molecule has 0 aliphatic rings. The van der Waals surface area contributed by atoms with E-state index in [2.05, 4.69) is 15.4 Å². The summed E-state index contributed by atoms with van der Waals surface area (Å²) in [5, 5.41) is 17.4. The molecule has 0 aliphatic carbocycles. The number of rotatable bonds is 8. The zero-order valence-electron chi connectivity index (χ0n) is 18.7. The molecule has 0 fully saturated rings. The predicted molar refractivity (Wildman–Crippen MR) is 119 cm³/mol. The molecule has 0 radical (unpaired) electrons. The van der Waals surface area contributed by atoms with Crippen LogP contribution in [0.15, 0.2) is 29.2 Å². The summed E-state index contributed by atoms with van der Waals surface area (Å²) in [4.78, 5) is 32.2. The van der Waals surface area contributed by atoms with Crippen molar-refractivity contribution in [2.45, 2.75) is 59.9 Å². The topological polar surface area (TPSA) is 105 Å². The smallest absolute Gasteiger partial charge is 0.279 e. The molecule has 0 aliphatic heterocycles. The molecule has 1 amide bonds. The molecule has 0 unspecified atom stereocenters. The average molecular weight is 427 g/mol. The molecular weight excluding hydrogens is 396 g/mol. The van der Waals surface area contributed by atoms with E-state index in [0.717, 1.165) is 11.3 Å². The van der Waals surface area contributed by atoms with Crippen molar-refractivity contribution in [1.29, 1.82) is 0 Å². The quantitative estimate of drug-likeness (QED) is 0.568. The third kappa shape index (κ3) is 4.83. The zero-order valence-corrected chi connectivity index (χ0v) is 18.7. The summed E-state index contributed by atoms with van der Waals surface area (Å²) < 4.78 is 3.00. The number of aliphatic hydroxyl groups is 1. The van der Waals surface area contributed by atoms with E-state index in [9.17, 15) is 14.7 Å². The molecule has 9 nitrogen and oxygen atoms in total. The third-order valence-electron chi connectivity index (χ3n) is 5.42. The predicted octanol–water partition coefficient (Wildman–Crippen LogP) is 1.73. The molecule has 9 heteroatoms. The Morgan fingerprint density at radius 1 is 1.32 bits per heavy atom. The van der Waals surface area contributed by atoms with Crippen molar-refractivity contribution in [2.75, 3.05) is 12.4 Å². The number of nitrogens with zero attached hydrogens (tertiary/aromatic N) is 5. The van der Waals surface area contributed by atoms with Gasteiger partial charge in [0, 0.05) is 24.8 Å². The van der Waals surface area contributed by atoms with E-state index in [0.29, 0.717) is 35.7 Å². The van der Waals surface area contributed by atoms with Crippen LogP contribution in [0.4, 0.5) is 5.82 Å². The standard InChI is InChI=1S/C22H30N6O3/c1-6-16-9-21-27(12-20(30)24-19-8-7-15(4)10-23-19)18(13-29)17(11-26(5)14(2)3)22(31)28(21)25-16/h7-10,14,29H,6,11-13H2,1-5H3,(H,23,24,30). The molecule has 3 aromatic rings. The van der Waals surface area contributed by atoms with Gasteiger partial charge in [-0.1, -0.05) is 13.0 Å². The van der Waals surface area contributed by atoms with Crippen LogP contribution < -0.4 is 10.9 Å². The molecule has 0 bridgehead atoms. The summed E-state index contributed by atoms with van der Waals surface area (Å²) in [5.41, 5.74) is 2.78. The highest BCUT2D eigenvalue weighted by molar-refractivity contribution is 5.90. The van der Waals surface area contributed by atoms with E-state index in [1.54, 1.807) is 22.9 Å². The van der Waals surface area contributed by atoms with Crippen molar-refractivity contribution < 1.29 is 9.90 Å². The summed E-state index contributed by atoms with van der Waals surface area (Å²) in [7, 11) is 1.91. The number of fused-ring (bicyclic) bond motifs is 1. The van der Waals surface area contributed by atoms with Crippen molar-refractivity contribution >= 4 is 17.4 Å². The normalized spacial score (nSPS) is 11.6. The van der Waals surface area contributed by atoms with Crippen LogP contribution >= 0.6 is 0 Å². The molecule has 31 heavy (non-hydrogen) atoms. The number of carbonyl (C=O) groups is 1. The highest BCUT2D eigenvalue weighted by Gasteiger charge is 2.21. The molecular formula is C22H30N6O3. The number of pyridine rings is 1. The van der Waals surface area contributed by atoms with Crippen molar-refractivity contribution in [2.24, 2.45) is 0 Å². The molecule has 3 rings (SSSR count). The number of aliphatic hydroxyl groups excluding tert-OH is 1. The van der Waals surface area contributed by atoms with E-state index in [-0.39, 0.29) is 30.7 Å². The minimum absolute atomic E-state index is 0.0809. The van der Waals surface area contributed by atoms with Crippen molar-refractivity contribution in [3.63, 3.8) is 0 Å². The van der Waals surface area contributed by atoms with Crippen LogP contribution in [0.5, 0.6) is 0 Å². The molecule has 0 saturated carbocycles. The van der Waals surface area contributed by atoms with Gasteiger partial charge in [-0.3, -0.25) is 14.5 Å². The fourth-order valence-corrected chi connectivity index (χ4v) is 3.30. The van der Waals surface area contributed by atoms with Crippen LogP contribution in [0, 0.1) is 6.92 Å². The first-order valence-electron chi connectivity index (χ1n) is 10.4. The second kappa shape index (κ2) is 9.40. The Labute approximate surface area is 181 Å². The number of amides is 1. The first kappa shape index (κ1) is 22.6. The van der Waals surface area contributed by atoms with Crippen LogP contribution in [0.2, 0.25) is 0 Å². The van der Waals surface area contributed by atoms with Gasteiger partial charge in [-0.2, -0.15) is 9.61 Å². The Bertz CT molecular complexity index is 1130. The van der Waals surface area contributed by atoms with E-state index in [1.165, 1.54) is 4.52 Å². The number of aromatic nitrogens is 4. The maximum absolute atomic E-state index is 13.2. The van der Waals surface area contributed by atoms with Gasteiger partial charge in [0.1, 0.15) is 18.0 Å². The molecule has 2 N–H and O–H groups in total. The van der Waals surface area contributed by atoms with Gasteiger partial charge in [-0.05, 0) is 45.9 Å². The third-order valence-corrected chi connectivity index (χ3v) is 5.42. The Hall–Kier alpha value is -3.04. The molecule has 0 saturated heterocycles. The number of nitrogens with one attached hydrogen (secondary N) is 1. The molecule has 3 heterocycles. The summed E-state index contributed by atoms with van der Waals surface area (Å²) in [6.07, 6.45) is 2.33. The minimum atomic E-state index is -0.365. The van der Waals surface area contributed by atoms with Gasteiger partial charge in [-0.25, -0.2) is 4.98 Å². The van der Waals surface area contributed by atoms with E-state index in [1.807, 2.05) is 45.7 Å². The molecule has 3 aromatic heterocycles. The van der Waals surface area contributed by atoms with Gasteiger partial charge in [0.2, 0.25) is 5.91 Å². The van der Waals surface area contributed by atoms with Crippen LogP contribution in [0.25, 0.3) is 5.65 Å². The lowest BCUT2D eigenvalue weighted by atomic mass is 10.2. The van der Waals surface area contributed by atoms with Crippen LogP contribution in [0.1, 0.15) is 43.3 Å². The number of aryl methyl sites for hydroxylation is 2. The summed E-state index contributed by atoms with van der Waals surface area (Å²) in [5.74, 6) is 0.139. The first-order chi connectivity index (χ1) is 14.7. The monoisotopic (exact) mass is 426 g/mol. The number of hydrogen-bond donors (Lipinski definition) is 2. The SMILES string of the molecule is CCc1cc2n(CC(=O)Nc3ccc(C)cn3)c(CO)c(CN(C)C(C)C)c(=O)n2n1. The lowest BCUT2D eigenvalue weighted by Gasteiger charge is -2.24. The second-order valence-corrected chi connectivity index (χ2v) is 8.01. The van der Waals surface area contributed by atoms with Gasteiger partial charge in [0.15, 0.2) is 0 Å². The number of anilines is 1. The van der Waals surface area contributed by atoms with Crippen LogP contribution in [-0.2, 0) is 30.9 Å². The molecule has 166 valence electrons. The van der Waals surface area contributed by atoms with E-state index >= 15 is 0 Å². The summed E-state index contributed by atoms with van der Waals surface area (Å²) in [6.45, 7) is 7.82. The van der Waals surface area contributed by atoms with Gasteiger partial charge in [-0.15, -0.1) is 0 Å². The Balaban J connectivity index is 2.07. The lowest BCUT2D eigenvalue weighted by Crippen LogP contribution is -2.35. The van der Waals surface area contributed by atoms with Gasteiger partial charge >= 0.3 is 0 Å². The van der Waals surface area contributed by atoms with Gasteiger partial charge < -0.3 is 15.0 Å². The number of hydrogen-bond acceptors (Lipinski definition) is 6. The second-order valence-electron chi connectivity index (χ2n) is 8.01. The maximum Gasteiger partial charge on any atom is 0.279 e. The highest BCUT2D eigenvalue weighted by Crippen LogP contribution is 2.16. The molecule has 0 spiro atoms. The van der Waals surface area contributed by atoms with Crippen LogP contribution in [0.3, 0.4) is 0 Å².